The average molecular weight is 213 g/mol. The van der Waals surface area contributed by atoms with Gasteiger partial charge in [0.2, 0.25) is 0 Å². The number of nitrogens with zero attached hydrogens (tertiary/aromatic N) is 1. The first-order chi connectivity index (χ1) is 5.27. The van der Waals surface area contributed by atoms with Crippen molar-refractivity contribution in [1.82, 2.24) is 4.98 Å². The van der Waals surface area contributed by atoms with Crippen LogP contribution in [0.4, 0.5) is 5.69 Å². The number of nitrogens with two attached hydrogens (primary N) is 1. The standard InChI is InChI=1S/C8H9BrN2/c9-7-4-3-6(10)8(11-7)5-1-2-5/h3-5H,1-2,10H2. The third-order valence-electron chi connectivity index (χ3n) is 1.89. The van der Waals surface area contributed by atoms with Gasteiger partial charge in [-0.15, -0.1) is 0 Å². The summed E-state index contributed by atoms with van der Waals surface area (Å²) in [6.45, 7) is 0. The first kappa shape index (κ1) is 7.10. The van der Waals surface area contributed by atoms with E-state index in [1.807, 2.05) is 12.1 Å². The van der Waals surface area contributed by atoms with Gasteiger partial charge >= 0.3 is 0 Å². The van der Waals surface area contributed by atoms with Crippen molar-refractivity contribution in [2.75, 3.05) is 5.73 Å². The molecule has 1 heterocycles. The van der Waals surface area contributed by atoms with Gasteiger partial charge in [0.25, 0.3) is 0 Å². The van der Waals surface area contributed by atoms with Crippen molar-refractivity contribution in [2.45, 2.75) is 18.8 Å². The van der Waals surface area contributed by atoms with Gasteiger partial charge in [0.15, 0.2) is 0 Å². The number of hydrogen-bond donors (Lipinski definition) is 1. The molecule has 0 aliphatic heterocycles. The number of halogens is 1. The molecule has 1 saturated carbocycles. The second-order valence-electron chi connectivity index (χ2n) is 2.88. The Labute approximate surface area is 73.9 Å². The Morgan fingerprint density at radius 3 is 2.82 bits per heavy atom. The molecule has 0 radical (unpaired) electrons. The van der Waals surface area contributed by atoms with Crippen LogP contribution >= 0.6 is 15.9 Å². The molecule has 0 atom stereocenters. The molecule has 0 bridgehead atoms. The van der Waals surface area contributed by atoms with Crippen molar-refractivity contribution >= 4 is 21.6 Å². The zero-order valence-electron chi connectivity index (χ0n) is 6.05. The minimum atomic E-state index is 0.632. The quantitative estimate of drug-likeness (QED) is 0.727. The predicted molar refractivity (Wildman–Crippen MR) is 48.3 cm³/mol. The van der Waals surface area contributed by atoms with Crippen molar-refractivity contribution in [3.63, 3.8) is 0 Å². The molecule has 1 fully saturated rings. The Morgan fingerprint density at radius 1 is 1.45 bits per heavy atom. The van der Waals surface area contributed by atoms with Crippen LogP contribution in [0.5, 0.6) is 0 Å². The molecule has 3 heteroatoms. The molecule has 0 amide bonds. The summed E-state index contributed by atoms with van der Waals surface area (Å²) in [6.07, 6.45) is 2.49. The first-order valence-corrected chi connectivity index (χ1v) is 4.48. The molecular formula is C8H9BrN2. The third-order valence-corrected chi connectivity index (χ3v) is 2.33. The molecule has 2 rings (SSSR count). The average Bonchev–Trinajstić information content (AvgIpc) is 2.76. The van der Waals surface area contributed by atoms with E-state index in [9.17, 15) is 0 Å². The van der Waals surface area contributed by atoms with Crippen molar-refractivity contribution in [3.8, 4) is 0 Å². The Bertz CT molecular complexity index is 281. The van der Waals surface area contributed by atoms with E-state index in [2.05, 4.69) is 20.9 Å². The van der Waals surface area contributed by atoms with Gasteiger partial charge in [-0.2, -0.15) is 0 Å². The van der Waals surface area contributed by atoms with Crippen LogP contribution in [0.15, 0.2) is 16.7 Å². The van der Waals surface area contributed by atoms with E-state index in [4.69, 9.17) is 5.73 Å². The van der Waals surface area contributed by atoms with Crippen molar-refractivity contribution in [1.29, 1.82) is 0 Å². The van der Waals surface area contributed by atoms with Gasteiger partial charge < -0.3 is 5.73 Å². The van der Waals surface area contributed by atoms with Crippen molar-refractivity contribution in [3.05, 3.63) is 22.4 Å². The molecule has 1 aliphatic carbocycles. The fourth-order valence-electron chi connectivity index (χ4n) is 1.14. The number of hydrogen-bond acceptors (Lipinski definition) is 2. The zero-order chi connectivity index (χ0) is 7.84. The highest BCUT2D eigenvalue weighted by atomic mass is 79.9. The highest BCUT2D eigenvalue weighted by Crippen LogP contribution is 2.41. The lowest BCUT2D eigenvalue weighted by molar-refractivity contribution is 1.02. The van der Waals surface area contributed by atoms with Gasteiger partial charge in [-0.25, -0.2) is 4.98 Å². The molecule has 0 aromatic carbocycles. The van der Waals surface area contributed by atoms with E-state index in [0.717, 1.165) is 16.0 Å². The van der Waals surface area contributed by atoms with Gasteiger partial charge in [0.05, 0.1) is 11.4 Å². The Kier molecular flexibility index (Phi) is 1.60. The topological polar surface area (TPSA) is 38.9 Å². The lowest BCUT2D eigenvalue weighted by Gasteiger charge is -2.01. The summed E-state index contributed by atoms with van der Waals surface area (Å²) in [7, 11) is 0. The predicted octanol–water partition coefficient (Wildman–Crippen LogP) is 2.30. The summed E-state index contributed by atoms with van der Waals surface area (Å²) in [6, 6.07) is 3.78. The third kappa shape index (κ3) is 1.38. The number of anilines is 1. The lowest BCUT2D eigenvalue weighted by Crippen LogP contribution is -1.95. The van der Waals surface area contributed by atoms with Crippen LogP contribution in [0.2, 0.25) is 0 Å². The fourth-order valence-corrected chi connectivity index (χ4v) is 1.47. The number of nitrogen functional groups attached to an aromatic ring is 1. The van der Waals surface area contributed by atoms with E-state index in [1.54, 1.807) is 0 Å². The first-order valence-electron chi connectivity index (χ1n) is 3.69. The maximum absolute atomic E-state index is 5.75. The van der Waals surface area contributed by atoms with Gasteiger partial charge in [0.1, 0.15) is 4.60 Å². The SMILES string of the molecule is Nc1ccc(Br)nc1C1CC1. The van der Waals surface area contributed by atoms with Gasteiger partial charge in [-0.1, -0.05) is 0 Å². The highest BCUT2D eigenvalue weighted by molar-refractivity contribution is 9.10. The normalized spacial score (nSPS) is 16.8. The summed E-state index contributed by atoms with van der Waals surface area (Å²) in [5.74, 6) is 0.632. The second kappa shape index (κ2) is 2.48. The smallest absolute Gasteiger partial charge is 0.106 e. The Morgan fingerprint density at radius 2 is 2.18 bits per heavy atom. The highest BCUT2D eigenvalue weighted by Gasteiger charge is 2.26. The lowest BCUT2D eigenvalue weighted by atomic mass is 10.2. The molecule has 1 aromatic rings. The fraction of sp³-hybridized carbons (Fsp3) is 0.375. The maximum Gasteiger partial charge on any atom is 0.106 e. The molecule has 0 unspecified atom stereocenters. The Hall–Kier alpha value is -0.570. The van der Waals surface area contributed by atoms with E-state index < -0.39 is 0 Å². The van der Waals surface area contributed by atoms with Crippen LogP contribution in [0, 0.1) is 0 Å². The van der Waals surface area contributed by atoms with E-state index in [-0.39, 0.29) is 0 Å². The number of pyridine rings is 1. The minimum Gasteiger partial charge on any atom is -0.397 e. The summed E-state index contributed by atoms with van der Waals surface area (Å²) in [4.78, 5) is 4.33. The molecule has 0 spiro atoms. The molecule has 2 N–H and O–H groups in total. The van der Waals surface area contributed by atoms with Crippen LogP contribution < -0.4 is 5.73 Å². The summed E-state index contributed by atoms with van der Waals surface area (Å²) in [5, 5.41) is 0. The zero-order valence-corrected chi connectivity index (χ0v) is 7.63. The van der Waals surface area contributed by atoms with E-state index in [1.165, 1.54) is 12.8 Å². The van der Waals surface area contributed by atoms with Crippen LogP contribution in [-0.4, -0.2) is 4.98 Å². The molecule has 1 aliphatic rings. The van der Waals surface area contributed by atoms with E-state index in [0.29, 0.717) is 5.92 Å². The molecule has 2 nitrogen and oxygen atoms in total. The van der Waals surface area contributed by atoms with Crippen LogP contribution in [0.3, 0.4) is 0 Å². The van der Waals surface area contributed by atoms with E-state index >= 15 is 0 Å². The van der Waals surface area contributed by atoms with Crippen molar-refractivity contribution < 1.29 is 0 Å². The number of aromatic nitrogens is 1. The second-order valence-corrected chi connectivity index (χ2v) is 3.70. The molecule has 11 heavy (non-hydrogen) atoms. The largest absolute Gasteiger partial charge is 0.397 e. The monoisotopic (exact) mass is 212 g/mol. The molecular weight excluding hydrogens is 204 g/mol. The molecule has 1 aromatic heterocycles. The van der Waals surface area contributed by atoms with Gasteiger partial charge in [-0.05, 0) is 40.9 Å². The van der Waals surface area contributed by atoms with Gasteiger partial charge in [0, 0.05) is 5.92 Å². The maximum atomic E-state index is 5.75. The Balaban J connectivity index is 2.42. The van der Waals surface area contributed by atoms with Crippen molar-refractivity contribution in [2.24, 2.45) is 0 Å². The molecule has 58 valence electrons. The minimum absolute atomic E-state index is 0.632. The van der Waals surface area contributed by atoms with Gasteiger partial charge in [-0.3, -0.25) is 0 Å². The summed E-state index contributed by atoms with van der Waals surface area (Å²) in [5.41, 5.74) is 7.65. The summed E-state index contributed by atoms with van der Waals surface area (Å²) < 4.78 is 0.883. The van der Waals surface area contributed by atoms with Crippen LogP contribution in [-0.2, 0) is 0 Å². The number of rotatable bonds is 1. The van der Waals surface area contributed by atoms with Crippen LogP contribution in [0.25, 0.3) is 0 Å². The van der Waals surface area contributed by atoms with Crippen LogP contribution in [0.1, 0.15) is 24.5 Å². The molecule has 0 saturated heterocycles. The summed E-state index contributed by atoms with van der Waals surface area (Å²) >= 11 is 3.33.